The summed E-state index contributed by atoms with van der Waals surface area (Å²) in [5, 5.41) is 9.23. The molecule has 0 bridgehead atoms. The number of nitrogens with zero attached hydrogens (tertiary/aromatic N) is 1. The first-order valence-corrected chi connectivity index (χ1v) is 5.64. The number of carbonyl (C=O) groups excluding carboxylic acids is 1. The van der Waals surface area contributed by atoms with Crippen molar-refractivity contribution in [3.8, 4) is 0 Å². The third kappa shape index (κ3) is 2.85. The second-order valence-corrected chi connectivity index (χ2v) is 4.07. The zero-order chi connectivity index (χ0) is 13.9. The van der Waals surface area contributed by atoms with E-state index in [-0.39, 0.29) is 12.1 Å². The first-order valence-electron chi connectivity index (χ1n) is 5.64. The number of carbonyl (C=O) groups is 2. The molecule has 98 valence electrons. The van der Waals surface area contributed by atoms with Crippen LogP contribution in [0.1, 0.15) is 31.0 Å². The van der Waals surface area contributed by atoms with Crippen LogP contribution in [0.25, 0.3) is 0 Å². The van der Waals surface area contributed by atoms with Crippen molar-refractivity contribution in [2.24, 2.45) is 0 Å². The third-order valence-electron chi connectivity index (χ3n) is 2.74. The molecule has 0 aliphatic carbocycles. The summed E-state index contributed by atoms with van der Waals surface area (Å²) in [6.45, 7) is 4.88. The molecule has 0 spiro atoms. The Morgan fingerprint density at radius 1 is 1.44 bits per heavy atom. The van der Waals surface area contributed by atoms with Crippen molar-refractivity contribution in [3.63, 3.8) is 0 Å². The largest absolute Gasteiger partial charge is 0.479 e. The summed E-state index contributed by atoms with van der Waals surface area (Å²) < 4.78 is 13.7. The molecule has 1 aromatic rings. The normalized spacial score (nSPS) is 12.0. The Bertz CT molecular complexity index is 473. The van der Waals surface area contributed by atoms with Gasteiger partial charge in [0.2, 0.25) is 5.91 Å². The van der Waals surface area contributed by atoms with Crippen LogP contribution in [0.2, 0.25) is 0 Å². The van der Waals surface area contributed by atoms with Crippen molar-refractivity contribution in [2.75, 3.05) is 6.54 Å². The van der Waals surface area contributed by atoms with Gasteiger partial charge in [-0.05, 0) is 19.9 Å². The number of amides is 1. The molecule has 0 fully saturated rings. The van der Waals surface area contributed by atoms with E-state index in [2.05, 4.69) is 0 Å². The van der Waals surface area contributed by atoms with Crippen molar-refractivity contribution < 1.29 is 19.1 Å². The van der Waals surface area contributed by atoms with Crippen LogP contribution in [0.3, 0.4) is 0 Å². The molecule has 0 aliphatic rings. The summed E-state index contributed by atoms with van der Waals surface area (Å²) in [6, 6.07) is 2.95. The lowest BCUT2D eigenvalue weighted by Gasteiger charge is -2.27. The fourth-order valence-electron chi connectivity index (χ4n) is 1.89. The molecule has 1 rings (SSSR count). The van der Waals surface area contributed by atoms with E-state index in [9.17, 15) is 19.1 Å². The Morgan fingerprint density at radius 3 is 2.50 bits per heavy atom. The highest BCUT2D eigenvalue weighted by atomic mass is 19.1. The molecule has 1 amide bonds. The summed E-state index contributed by atoms with van der Waals surface area (Å²) in [4.78, 5) is 23.9. The Kier molecular flexibility index (Phi) is 4.42. The maximum atomic E-state index is 13.7. The van der Waals surface area contributed by atoms with Gasteiger partial charge in [0.1, 0.15) is 5.82 Å². The first-order chi connectivity index (χ1) is 8.38. The first kappa shape index (κ1) is 14.2. The van der Waals surface area contributed by atoms with E-state index in [0.29, 0.717) is 0 Å². The van der Waals surface area contributed by atoms with E-state index in [0.717, 1.165) is 10.5 Å². The van der Waals surface area contributed by atoms with E-state index in [1.54, 1.807) is 19.9 Å². The lowest BCUT2D eigenvalue weighted by Crippen LogP contribution is -2.38. The number of aliphatic carboxylic acids is 1. The molecule has 0 heterocycles. The Morgan fingerprint density at radius 2 is 2.06 bits per heavy atom. The topological polar surface area (TPSA) is 57.6 Å². The van der Waals surface area contributed by atoms with Gasteiger partial charge in [0.25, 0.3) is 0 Å². The lowest BCUT2D eigenvalue weighted by molar-refractivity contribution is -0.149. The van der Waals surface area contributed by atoms with E-state index in [4.69, 9.17) is 0 Å². The molecule has 4 nitrogen and oxygen atoms in total. The number of aryl methyl sites for hydroxylation is 1. The summed E-state index contributed by atoms with van der Waals surface area (Å²) in [5.74, 6) is -2.25. The smallest absolute Gasteiger partial charge is 0.331 e. The van der Waals surface area contributed by atoms with Gasteiger partial charge < -0.3 is 10.0 Å². The molecule has 1 N–H and O–H groups in total. The average Bonchev–Trinajstić information content (AvgIpc) is 2.28. The van der Waals surface area contributed by atoms with Crippen LogP contribution in [0.4, 0.5) is 4.39 Å². The molecule has 1 atom stereocenters. The van der Waals surface area contributed by atoms with E-state index in [1.807, 2.05) is 0 Å². The highest BCUT2D eigenvalue weighted by Gasteiger charge is 2.30. The summed E-state index contributed by atoms with van der Waals surface area (Å²) in [6.07, 6.45) is 0. The predicted octanol–water partition coefficient (Wildman–Crippen LogP) is 2.13. The zero-order valence-corrected chi connectivity index (χ0v) is 10.6. The number of hydrogen-bond donors (Lipinski definition) is 1. The number of carboxylic acids is 1. The van der Waals surface area contributed by atoms with Gasteiger partial charge in [0.05, 0.1) is 0 Å². The fraction of sp³-hybridized carbons (Fsp3) is 0.385. The van der Waals surface area contributed by atoms with Crippen molar-refractivity contribution in [2.45, 2.75) is 26.8 Å². The van der Waals surface area contributed by atoms with Crippen LogP contribution in [-0.4, -0.2) is 28.4 Å². The van der Waals surface area contributed by atoms with Gasteiger partial charge in [-0.1, -0.05) is 17.7 Å². The van der Waals surface area contributed by atoms with Crippen molar-refractivity contribution in [1.82, 2.24) is 4.90 Å². The van der Waals surface area contributed by atoms with Crippen molar-refractivity contribution >= 4 is 11.9 Å². The standard InChI is InChI=1S/C13H16FNO3/c1-4-15(9(3)16)12(13(17)18)10-7-8(2)5-6-11(10)14/h5-7,12H,4H2,1-3H3,(H,17,18). The minimum atomic E-state index is -1.28. The molecule has 0 saturated carbocycles. The van der Waals surface area contributed by atoms with E-state index < -0.39 is 23.7 Å². The molecule has 18 heavy (non-hydrogen) atoms. The number of likely N-dealkylation sites (N-methyl/N-ethyl adjacent to an activating group) is 1. The van der Waals surface area contributed by atoms with Gasteiger partial charge in [-0.15, -0.1) is 0 Å². The second kappa shape index (κ2) is 5.62. The molecular weight excluding hydrogens is 237 g/mol. The van der Waals surface area contributed by atoms with Crippen LogP contribution < -0.4 is 0 Å². The van der Waals surface area contributed by atoms with E-state index in [1.165, 1.54) is 19.1 Å². The van der Waals surface area contributed by atoms with Crippen LogP contribution in [-0.2, 0) is 9.59 Å². The molecule has 0 aliphatic heterocycles. The summed E-state index contributed by atoms with van der Waals surface area (Å²) in [7, 11) is 0. The van der Waals surface area contributed by atoms with Crippen LogP contribution >= 0.6 is 0 Å². The SMILES string of the molecule is CCN(C(C)=O)C(C(=O)O)c1cc(C)ccc1F. The number of carboxylic acid groups (broad SMARTS) is 1. The van der Waals surface area contributed by atoms with Crippen molar-refractivity contribution in [1.29, 1.82) is 0 Å². The maximum absolute atomic E-state index is 13.7. The monoisotopic (exact) mass is 253 g/mol. The van der Waals surface area contributed by atoms with Gasteiger partial charge in [-0.25, -0.2) is 9.18 Å². The van der Waals surface area contributed by atoms with Gasteiger partial charge >= 0.3 is 5.97 Å². The molecule has 1 unspecified atom stereocenters. The van der Waals surface area contributed by atoms with Gasteiger partial charge in [0.15, 0.2) is 6.04 Å². The molecule has 0 radical (unpaired) electrons. The number of halogens is 1. The number of benzene rings is 1. The highest BCUT2D eigenvalue weighted by molar-refractivity contribution is 5.83. The third-order valence-corrected chi connectivity index (χ3v) is 2.74. The molecular formula is C13H16FNO3. The van der Waals surface area contributed by atoms with Crippen LogP contribution in [0, 0.1) is 12.7 Å². The zero-order valence-electron chi connectivity index (χ0n) is 10.6. The maximum Gasteiger partial charge on any atom is 0.331 e. The Labute approximate surface area is 105 Å². The van der Waals surface area contributed by atoms with Gasteiger partial charge in [-0.2, -0.15) is 0 Å². The van der Waals surface area contributed by atoms with E-state index >= 15 is 0 Å². The van der Waals surface area contributed by atoms with Gasteiger partial charge in [0, 0.05) is 19.0 Å². The van der Waals surface area contributed by atoms with Crippen LogP contribution in [0.15, 0.2) is 18.2 Å². The Hall–Kier alpha value is -1.91. The number of rotatable bonds is 4. The molecule has 0 aromatic heterocycles. The molecule has 5 heteroatoms. The minimum Gasteiger partial charge on any atom is -0.479 e. The predicted molar refractivity (Wildman–Crippen MR) is 64.6 cm³/mol. The fourth-order valence-corrected chi connectivity index (χ4v) is 1.89. The lowest BCUT2D eigenvalue weighted by atomic mass is 10.0. The Balaban J connectivity index is 3.31. The molecule has 0 saturated heterocycles. The average molecular weight is 253 g/mol. The minimum absolute atomic E-state index is 0.0135. The van der Waals surface area contributed by atoms with Crippen LogP contribution in [0.5, 0.6) is 0 Å². The highest BCUT2D eigenvalue weighted by Crippen LogP contribution is 2.25. The van der Waals surface area contributed by atoms with Crippen molar-refractivity contribution in [3.05, 3.63) is 35.1 Å². The quantitative estimate of drug-likeness (QED) is 0.894. The molecule has 1 aromatic carbocycles. The number of hydrogen-bond acceptors (Lipinski definition) is 2. The summed E-state index contributed by atoms with van der Waals surface area (Å²) >= 11 is 0. The summed E-state index contributed by atoms with van der Waals surface area (Å²) in [5.41, 5.74) is 0.761. The van der Waals surface area contributed by atoms with Gasteiger partial charge in [-0.3, -0.25) is 4.79 Å². The second-order valence-electron chi connectivity index (χ2n) is 4.07.